The third-order valence-corrected chi connectivity index (χ3v) is 2.59. The molecule has 0 aromatic heterocycles. The third-order valence-electron chi connectivity index (χ3n) is 2.59. The van der Waals surface area contributed by atoms with E-state index >= 15 is 0 Å². The Morgan fingerprint density at radius 1 is 1.47 bits per heavy atom. The Balaban J connectivity index is 0.00000180. The number of carbonyl (C=O) groups is 1. The molecule has 0 unspecified atom stereocenters. The number of ether oxygens (including phenoxy) is 2. The first kappa shape index (κ1) is 15.4. The van der Waals surface area contributed by atoms with Crippen molar-refractivity contribution in [2.45, 2.75) is 12.0 Å². The minimum Gasteiger partial charge on any atom is -0.494 e. The number of halogens is 4. The first-order chi connectivity index (χ1) is 8.44. The molecule has 4 nitrogen and oxygen atoms in total. The van der Waals surface area contributed by atoms with Crippen molar-refractivity contribution in [1.82, 2.24) is 5.32 Å². The van der Waals surface area contributed by atoms with Gasteiger partial charge in [-0.1, -0.05) is 6.07 Å². The molecule has 1 N–H and O–H groups in total. The van der Waals surface area contributed by atoms with Crippen LogP contribution in [0.2, 0.25) is 0 Å². The highest BCUT2D eigenvalue weighted by Gasteiger charge is 2.46. The summed E-state index contributed by atoms with van der Waals surface area (Å²) in [5, 5.41) is 1.97. The molecule has 19 heavy (non-hydrogen) atoms. The summed E-state index contributed by atoms with van der Waals surface area (Å²) in [6.07, 6.45) is -0.956. The van der Waals surface area contributed by atoms with E-state index in [1.165, 1.54) is 19.2 Å². The largest absolute Gasteiger partial charge is 0.494 e. The van der Waals surface area contributed by atoms with Gasteiger partial charge in [-0.2, -0.15) is 0 Å². The van der Waals surface area contributed by atoms with Crippen LogP contribution < -0.4 is 10.1 Å². The van der Waals surface area contributed by atoms with Crippen molar-refractivity contribution in [3.8, 4) is 5.75 Å². The second-order valence-corrected chi connectivity index (χ2v) is 3.81. The van der Waals surface area contributed by atoms with Gasteiger partial charge in [0.1, 0.15) is 6.04 Å². The fourth-order valence-corrected chi connectivity index (χ4v) is 1.70. The van der Waals surface area contributed by atoms with Crippen molar-refractivity contribution in [2.24, 2.45) is 0 Å². The van der Waals surface area contributed by atoms with Crippen molar-refractivity contribution in [2.75, 3.05) is 13.7 Å². The first-order valence-corrected chi connectivity index (χ1v) is 5.08. The van der Waals surface area contributed by atoms with Crippen molar-refractivity contribution in [3.05, 3.63) is 29.6 Å². The zero-order chi connectivity index (χ0) is 13.3. The molecule has 1 amide bonds. The Bertz CT molecular complexity index is 484. The lowest BCUT2D eigenvalue weighted by Gasteiger charge is -2.31. The SMILES string of the molecule is COc1ccc([C@@H]2NC(=O)OCC2(F)F)cc1F.Cl. The number of alkyl carbamates (subject to hydrolysis) is 1. The van der Waals surface area contributed by atoms with Crippen LogP contribution in [-0.2, 0) is 4.74 Å². The topological polar surface area (TPSA) is 47.6 Å². The number of amides is 1. The normalized spacial score (nSPS) is 20.8. The van der Waals surface area contributed by atoms with Gasteiger partial charge in [-0.15, -0.1) is 12.4 Å². The van der Waals surface area contributed by atoms with E-state index in [1.807, 2.05) is 5.32 Å². The summed E-state index contributed by atoms with van der Waals surface area (Å²) in [6.45, 7) is -1.03. The van der Waals surface area contributed by atoms with Gasteiger partial charge in [-0.3, -0.25) is 0 Å². The van der Waals surface area contributed by atoms with Gasteiger partial charge < -0.3 is 14.8 Å². The van der Waals surface area contributed by atoms with Gasteiger partial charge in [-0.25, -0.2) is 18.0 Å². The van der Waals surface area contributed by atoms with Gasteiger partial charge in [0.15, 0.2) is 18.2 Å². The highest BCUT2D eigenvalue weighted by Crippen LogP contribution is 2.35. The average Bonchev–Trinajstić information content (AvgIpc) is 2.32. The number of benzene rings is 1. The van der Waals surface area contributed by atoms with E-state index in [0.717, 1.165) is 6.07 Å². The molecule has 0 aliphatic carbocycles. The van der Waals surface area contributed by atoms with E-state index in [-0.39, 0.29) is 23.7 Å². The van der Waals surface area contributed by atoms with Crippen LogP contribution in [0.1, 0.15) is 11.6 Å². The predicted octanol–water partition coefficient (Wildman–Crippen LogP) is 2.67. The number of rotatable bonds is 2. The van der Waals surface area contributed by atoms with Crippen LogP contribution in [-0.4, -0.2) is 25.7 Å². The Hall–Kier alpha value is -1.63. The molecule has 1 atom stereocenters. The van der Waals surface area contributed by atoms with Crippen LogP contribution in [0.15, 0.2) is 18.2 Å². The van der Waals surface area contributed by atoms with Gasteiger partial charge >= 0.3 is 12.0 Å². The lowest BCUT2D eigenvalue weighted by molar-refractivity contribution is -0.104. The maximum absolute atomic E-state index is 13.5. The molecule has 1 aromatic rings. The van der Waals surface area contributed by atoms with Gasteiger partial charge in [0, 0.05) is 0 Å². The molecule has 0 bridgehead atoms. The summed E-state index contributed by atoms with van der Waals surface area (Å²) < 4.78 is 49.4. The molecule has 1 saturated heterocycles. The van der Waals surface area contributed by atoms with Crippen molar-refractivity contribution < 1.29 is 27.4 Å². The summed E-state index contributed by atoms with van der Waals surface area (Å²) in [5.74, 6) is -4.12. The second kappa shape index (κ2) is 5.56. The van der Waals surface area contributed by atoms with E-state index < -0.39 is 30.5 Å². The first-order valence-electron chi connectivity index (χ1n) is 5.08. The maximum atomic E-state index is 13.5. The molecule has 8 heteroatoms. The number of methoxy groups -OCH3 is 1. The van der Waals surface area contributed by atoms with Crippen molar-refractivity contribution >= 4 is 18.5 Å². The second-order valence-electron chi connectivity index (χ2n) is 3.81. The number of hydrogen-bond donors (Lipinski definition) is 1. The van der Waals surface area contributed by atoms with E-state index in [0.29, 0.717) is 0 Å². The maximum Gasteiger partial charge on any atom is 0.408 e. The molecule has 0 radical (unpaired) electrons. The molecular weight excluding hydrogens is 287 g/mol. The van der Waals surface area contributed by atoms with E-state index in [4.69, 9.17) is 0 Å². The van der Waals surface area contributed by atoms with Crippen LogP contribution in [0.3, 0.4) is 0 Å². The van der Waals surface area contributed by atoms with Crippen molar-refractivity contribution in [1.29, 1.82) is 0 Å². The Morgan fingerprint density at radius 2 is 2.16 bits per heavy atom. The Labute approximate surface area is 113 Å². The zero-order valence-corrected chi connectivity index (χ0v) is 10.6. The molecule has 1 aromatic carbocycles. The molecule has 1 heterocycles. The molecular formula is C11H11ClF3NO3. The van der Waals surface area contributed by atoms with Gasteiger partial charge in [0.2, 0.25) is 0 Å². The minimum absolute atomic E-state index is 0. The van der Waals surface area contributed by atoms with Gasteiger partial charge in [0.05, 0.1) is 7.11 Å². The highest BCUT2D eigenvalue weighted by atomic mass is 35.5. The summed E-state index contributed by atoms with van der Waals surface area (Å²) in [6, 6.07) is 1.79. The van der Waals surface area contributed by atoms with E-state index in [9.17, 15) is 18.0 Å². The lowest BCUT2D eigenvalue weighted by atomic mass is 10.00. The summed E-state index contributed by atoms with van der Waals surface area (Å²) in [4.78, 5) is 11.0. The van der Waals surface area contributed by atoms with Gasteiger partial charge in [0.25, 0.3) is 0 Å². The summed E-state index contributed by atoms with van der Waals surface area (Å²) >= 11 is 0. The van der Waals surface area contributed by atoms with Crippen molar-refractivity contribution in [3.63, 3.8) is 0 Å². The highest BCUT2D eigenvalue weighted by molar-refractivity contribution is 5.85. The van der Waals surface area contributed by atoms with Crippen LogP contribution in [0, 0.1) is 5.82 Å². The number of nitrogens with one attached hydrogen (secondary N) is 1. The molecule has 2 rings (SSSR count). The zero-order valence-electron chi connectivity index (χ0n) is 9.78. The number of alkyl halides is 2. The standard InChI is InChI=1S/C11H10F3NO3.ClH/c1-17-8-3-2-6(4-7(8)12)9-11(13,14)5-18-10(16)15-9;/h2-4,9H,5H2,1H3,(H,15,16);1H/t9-;/m0./s1. The van der Waals surface area contributed by atoms with E-state index in [1.54, 1.807) is 0 Å². The molecule has 1 aliphatic rings. The number of hydrogen-bond acceptors (Lipinski definition) is 3. The monoisotopic (exact) mass is 297 g/mol. The Morgan fingerprint density at radius 3 is 2.74 bits per heavy atom. The van der Waals surface area contributed by atoms with Crippen LogP contribution in [0.25, 0.3) is 0 Å². The summed E-state index contributed by atoms with van der Waals surface area (Å²) in [5.41, 5.74) is -0.0463. The van der Waals surface area contributed by atoms with Crippen LogP contribution in [0.5, 0.6) is 5.75 Å². The molecule has 0 saturated carbocycles. The molecule has 1 fully saturated rings. The predicted molar refractivity (Wildman–Crippen MR) is 62.4 cm³/mol. The quantitative estimate of drug-likeness (QED) is 0.913. The third kappa shape index (κ3) is 3.04. The average molecular weight is 298 g/mol. The van der Waals surface area contributed by atoms with E-state index in [2.05, 4.69) is 9.47 Å². The smallest absolute Gasteiger partial charge is 0.408 e. The Kier molecular flexibility index (Phi) is 4.52. The van der Waals surface area contributed by atoms with Gasteiger partial charge in [-0.05, 0) is 17.7 Å². The van der Waals surface area contributed by atoms with Crippen LogP contribution in [0.4, 0.5) is 18.0 Å². The minimum atomic E-state index is -3.30. The number of cyclic esters (lactones) is 1. The van der Waals surface area contributed by atoms with Crippen LogP contribution >= 0.6 is 12.4 Å². The molecule has 0 spiro atoms. The number of carbonyl (C=O) groups excluding carboxylic acids is 1. The fourth-order valence-electron chi connectivity index (χ4n) is 1.70. The lowest BCUT2D eigenvalue weighted by Crippen LogP contribution is -2.49. The molecule has 1 aliphatic heterocycles. The fraction of sp³-hybridized carbons (Fsp3) is 0.364. The summed E-state index contributed by atoms with van der Waals surface area (Å²) in [7, 11) is 1.27. The molecule has 106 valence electrons.